The molecule has 2 aromatic carbocycles. The van der Waals surface area contributed by atoms with Gasteiger partial charge in [-0.25, -0.2) is 24.2 Å². The van der Waals surface area contributed by atoms with Gasteiger partial charge in [-0.15, -0.1) is 0 Å². The molecule has 150 valence electrons. The highest BCUT2D eigenvalue weighted by Crippen LogP contribution is 2.26. The van der Waals surface area contributed by atoms with E-state index in [1.54, 1.807) is 18.2 Å². The van der Waals surface area contributed by atoms with Crippen molar-refractivity contribution in [3.63, 3.8) is 0 Å². The van der Waals surface area contributed by atoms with Crippen molar-refractivity contribution in [3.05, 3.63) is 76.9 Å². The van der Waals surface area contributed by atoms with Crippen molar-refractivity contribution in [1.82, 2.24) is 4.98 Å². The van der Waals surface area contributed by atoms with Crippen LogP contribution in [0.3, 0.4) is 0 Å². The Bertz CT molecular complexity index is 1120. The average molecular weight is 407 g/mol. The minimum Gasteiger partial charge on any atom is -0.478 e. The molecule has 0 saturated heterocycles. The molecule has 9 nitrogen and oxygen atoms in total. The Balaban J connectivity index is 2.10. The van der Waals surface area contributed by atoms with Crippen molar-refractivity contribution < 1.29 is 39.6 Å². The standard InChI is InChI=1S/C21H13NO8/c23-18(24)12-6-4-10(8-14(12)20(27)28)16-2-1-3-17(22-16)11-5-7-13(19(25)26)15(9-11)21(29)30/h1-9H,(H,23,24)(H,25,26)(H,27,28)(H,29,30). The summed E-state index contributed by atoms with van der Waals surface area (Å²) in [7, 11) is 0. The molecule has 3 aromatic rings. The van der Waals surface area contributed by atoms with Crippen LogP contribution in [0.15, 0.2) is 54.6 Å². The first-order chi connectivity index (χ1) is 14.2. The average Bonchev–Trinajstić information content (AvgIpc) is 2.72. The lowest BCUT2D eigenvalue weighted by Crippen LogP contribution is -2.08. The highest BCUT2D eigenvalue weighted by Gasteiger charge is 2.19. The largest absolute Gasteiger partial charge is 0.478 e. The summed E-state index contributed by atoms with van der Waals surface area (Å²) in [5, 5.41) is 36.8. The number of aromatic carboxylic acids is 4. The second kappa shape index (κ2) is 7.84. The summed E-state index contributed by atoms with van der Waals surface area (Å²) in [6.07, 6.45) is 0. The van der Waals surface area contributed by atoms with Crippen molar-refractivity contribution >= 4 is 23.9 Å². The highest BCUT2D eigenvalue weighted by atomic mass is 16.4. The van der Waals surface area contributed by atoms with Crippen LogP contribution in [0, 0.1) is 0 Å². The number of rotatable bonds is 6. The summed E-state index contributed by atoms with van der Waals surface area (Å²) < 4.78 is 0. The normalized spacial score (nSPS) is 10.4. The van der Waals surface area contributed by atoms with Gasteiger partial charge in [-0.1, -0.05) is 18.2 Å². The second-order valence-corrected chi connectivity index (χ2v) is 6.15. The topological polar surface area (TPSA) is 162 Å². The number of hydrogen-bond donors (Lipinski definition) is 4. The zero-order chi connectivity index (χ0) is 22.0. The molecule has 0 aliphatic rings. The van der Waals surface area contributed by atoms with E-state index in [0.717, 1.165) is 0 Å². The minimum atomic E-state index is -1.40. The maximum absolute atomic E-state index is 11.4. The molecule has 0 radical (unpaired) electrons. The van der Waals surface area contributed by atoms with Crippen LogP contribution in [0.2, 0.25) is 0 Å². The van der Waals surface area contributed by atoms with Gasteiger partial charge < -0.3 is 20.4 Å². The maximum Gasteiger partial charge on any atom is 0.336 e. The molecule has 0 aliphatic heterocycles. The fraction of sp³-hybridized carbons (Fsp3) is 0. The Morgan fingerprint density at radius 2 is 0.900 bits per heavy atom. The summed E-state index contributed by atoms with van der Waals surface area (Å²) in [5.41, 5.74) is -0.176. The molecule has 30 heavy (non-hydrogen) atoms. The number of pyridine rings is 1. The summed E-state index contributed by atoms with van der Waals surface area (Å²) in [5.74, 6) is -5.55. The third-order valence-corrected chi connectivity index (χ3v) is 4.30. The molecule has 3 rings (SSSR count). The van der Waals surface area contributed by atoms with E-state index in [1.807, 2.05) is 0 Å². The lowest BCUT2D eigenvalue weighted by atomic mass is 10.00. The molecule has 1 heterocycles. The molecular formula is C21H13NO8. The van der Waals surface area contributed by atoms with Gasteiger partial charge in [0.2, 0.25) is 0 Å². The molecule has 0 bridgehead atoms. The minimum absolute atomic E-state index is 0.325. The van der Waals surface area contributed by atoms with Crippen LogP contribution in [0.4, 0.5) is 0 Å². The number of aromatic nitrogens is 1. The maximum atomic E-state index is 11.4. The molecule has 0 aliphatic carbocycles. The van der Waals surface area contributed by atoms with Gasteiger partial charge in [-0.2, -0.15) is 0 Å². The van der Waals surface area contributed by atoms with E-state index in [-0.39, 0.29) is 11.1 Å². The van der Waals surface area contributed by atoms with Gasteiger partial charge in [0.05, 0.1) is 33.6 Å². The first-order valence-electron chi connectivity index (χ1n) is 8.38. The predicted octanol–water partition coefficient (Wildman–Crippen LogP) is 3.21. The number of benzene rings is 2. The molecule has 0 atom stereocenters. The van der Waals surface area contributed by atoms with Crippen molar-refractivity contribution in [2.45, 2.75) is 0 Å². The van der Waals surface area contributed by atoms with Crippen LogP contribution < -0.4 is 0 Å². The Labute approximate surface area is 168 Å². The van der Waals surface area contributed by atoms with Crippen LogP contribution in [0.5, 0.6) is 0 Å². The zero-order valence-electron chi connectivity index (χ0n) is 15.1. The van der Waals surface area contributed by atoms with Crippen LogP contribution in [0.1, 0.15) is 41.4 Å². The van der Waals surface area contributed by atoms with E-state index in [9.17, 15) is 29.4 Å². The lowest BCUT2D eigenvalue weighted by molar-refractivity contribution is 0.0651. The molecule has 0 spiro atoms. The zero-order valence-corrected chi connectivity index (χ0v) is 15.1. The first-order valence-corrected chi connectivity index (χ1v) is 8.38. The van der Waals surface area contributed by atoms with Crippen molar-refractivity contribution in [3.8, 4) is 22.5 Å². The molecule has 0 fully saturated rings. The summed E-state index contributed by atoms with van der Waals surface area (Å²) in [6, 6.07) is 12.3. The smallest absolute Gasteiger partial charge is 0.336 e. The Hall–Kier alpha value is -4.53. The SMILES string of the molecule is O=C(O)c1ccc(-c2cccc(-c3ccc(C(=O)O)c(C(=O)O)c3)n2)cc1C(=O)O. The van der Waals surface area contributed by atoms with Gasteiger partial charge in [-0.05, 0) is 36.4 Å². The molecule has 9 heteroatoms. The molecule has 0 unspecified atom stereocenters. The lowest BCUT2D eigenvalue weighted by Gasteiger charge is -2.09. The number of hydrogen-bond acceptors (Lipinski definition) is 5. The summed E-state index contributed by atoms with van der Waals surface area (Å²) in [4.78, 5) is 49.6. The van der Waals surface area contributed by atoms with Crippen molar-refractivity contribution in [2.75, 3.05) is 0 Å². The van der Waals surface area contributed by atoms with Crippen LogP contribution >= 0.6 is 0 Å². The molecule has 1 aromatic heterocycles. The van der Waals surface area contributed by atoms with Gasteiger partial charge in [0.15, 0.2) is 0 Å². The van der Waals surface area contributed by atoms with E-state index >= 15 is 0 Å². The van der Waals surface area contributed by atoms with E-state index in [4.69, 9.17) is 10.2 Å². The fourth-order valence-electron chi connectivity index (χ4n) is 2.89. The Morgan fingerprint density at radius 1 is 0.533 bits per heavy atom. The second-order valence-electron chi connectivity index (χ2n) is 6.15. The quantitative estimate of drug-likeness (QED) is 0.480. The third kappa shape index (κ3) is 3.85. The van der Waals surface area contributed by atoms with E-state index in [1.165, 1.54) is 36.4 Å². The monoisotopic (exact) mass is 407 g/mol. The van der Waals surface area contributed by atoms with Gasteiger partial charge in [0.1, 0.15) is 0 Å². The van der Waals surface area contributed by atoms with Gasteiger partial charge >= 0.3 is 23.9 Å². The predicted molar refractivity (Wildman–Crippen MR) is 103 cm³/mol. The third-order valence-electron chi connectivity index (χ3n) is 4.30. The Morgan fingerprint density at radius 3 is 1.23 bits per heavy atom. The number of carbonyl (C=O) groups is 4. The molecule has 0 amide bonds. The van der Waals surface area contributed by atoms with Gasteiger partial charge in [0, 0.05) is 11.1 Å². The van der Waals surface area contributed by atoms with Crippen LogP contribution in [-0.2, 0) is 0 Å². The number of carboxylic acids is 4. The summed E-state index contributed by atoms with van der Waals surface area (Å²) in [6.45, 7) is 0. The fourth-order valence-corrected chi connectivity index (χ4v) is 2.89. The van der Waals surface area contributed by atoms with E-state index in [2.05, 4.69) is 4.98 Å². The summed E-state index contributed by atoms with van der Waals surface area (Å²) >= 11 is 0. The van der Waals surface area contributed by atoms with E-state index < -0.39 is 35.0 Å². The number of carboxylic acid groups (broad SMARTS) is 4. The van der Waals surface area contributed by atoms with Crippen molar-refractivity contribution in [1.29, 1.82) is 0 Å². The molecule has 4 N–H and O–H groups in total. The molecule has 0 saturated carbocycles. The van der Waals surface area contributed by atoms with Gasteiger partial charge in [-0.3, -0.25) is 0 Å². The van der Waals surface area contributed by atoms with Crippen LogP contribution in [0.25, 0.3) is 22.5 Å². The van der Waals surface area contributed by atoms with Gasteiger partial charge in [0.25, 0.3) is 0 Å². The highest BCUT2D eigenvalue weighted by molar-refractivity contribution is 6.03. The Kier molecular flexibility index (Phi) is 5.28. The van der Waals surface area contributed by atoms with Crippen molar-refractivity contribution in [2.24, 2.45) is 0 Å². The molecular weight excluding hydrogens is 394 g/mol. The van der Waals surface area contributed by atoms with E-state index in [0.29, 0.717) is 22.5 Å². The van der Waals surface area contributed by atoms with Crippen LogP contribution in [-0.4, -0.2) is 49.3 Å². The number of nitrogens with zero attached hydrogens (tertiary/aromatic N) is 1. The first kappa shape index (κ1) is 20.2.